The highest BCUT2D eigenvalue weighted by Gasteiger charge is 2.26. The molecule has 0 spiro atoms. The Morgan fingerprint density at radius 3 is 2.68 bits per heavy atom. The molecule has 110 valence electrons. The lowest BCUT2D eigenvalue weighted by Crippen LogP contribution is -2.47. The fourth-order valence-corrected chi connectivity index (χ4v) is 2.50. The minimum atomic E-state index is -1.00. The van der Waals surface area contributed by atoms with Crippen molar-refractivity contribution in [1.29, 1.82) is 0 Å². The molecule has 0 radical (unpaired) electrons. The Bertz CT molecular complexity index is 309. The van der Waals surface area contributed by atoms with Gasteiger partial charge in [0.1, 0.15) is 6.61 Å². The van der Waals surface area contributed by atoms with E-state index in [4.69, 9.17) is 9.84 Å². The summed E-state index contributed by atoms with van der Waals surface area (Å²) in [6, 6.07) is 0.0291. The molecule has 6 nitrogen and oxygen atoms in total. The number of carboxylic acid groups (broad SMARTS) is 1. The zero-order valence-electron chi connectivity index (χ0n) is 11.6. The van der Waals surface area contributed by atoms with Gasteiger partial charge in [0.15, 0.2) is 0 Å². The van der Waals surface area contributed by atoms with E-state index < -0.39 is 5.97 Å². The van der Waals surface area contributed by atoms with Crippen molar-refractivity contribution in [2.24, 2.45) is 11.8 Å². The summed E-state index contributed by atoms with van der Waals surface area (Å²) in [5.74, 6) is 0.230. The molecule has 1 aliphatic rings. The number of aliphatic carboxylic acids is 1. The van der Waals surface area contributed by atoms with Gasteiger partial charge in [-0.05, 0) is 31.1 Å². The molecule has 0 aromatic heterocycles. The van der Waals surface area contributed by atoms with Gasteiger partial charge in [-0.15, -0.1) is 0 Å². The maximum Gasteiger partial charge on any atom is 0.329 e. The van der Waals surface area contributed by atoms with Gasteiger partial charge in [0.05, 0.1) is 6.61 Å². The standard InChI is InChI=1S/C13H24N2O4/c1-9-3-4-11(10(2)7-9)15-13(18)14-5-6-19-8-12(16)17/h9-11H,3-8H2,1-2H3,(H,16,17)(H2,14,15,18). The van der Waals surface area contributed by atoms with E-state index in [1.165, 1.54) is 0 Å². The topological polar surface area (TPSA) is 87.7 Å². The van der Waals surface area contributed by atoms with Crippen LogP contribution in [0.3, 0.4) is 0 Å². The lowest BCUT2D eigenvalue weighted by atomic mass is 9.80. The van der Waals surface area contributed by atoms with Gasteiger partial charge in [0.25, 0.3) is 0 Å². The lowest BCUT2D eigenvalue weighted by molar-refractivity contribution is -0.142. The van der Waals surface area contributed by atoms with Crippen molar-refractivity contribution in [2.45, 2.75) is 39.2 Å². The first-order valence-corrected chi connectivity index (χ1v) is 6.83. The first kappa shape index (κ1) is 15.8. The summed E-state index contributed by atoms with van der Waals surface area (Å²) >= 11 is 0. The van der Waals surface area contributed by atoms with E-state index in [1.807, 2.05) is 0 Å². The molecule has 6 heteroatoms. The van der Waals surface area contributed by atoms with Gasteiger partial charge in [-0.1, -0.05) is 13.8 Å². The van der Waals surface area contributed by atoms with E-state index in [-0.39, 0.29) is 25.3 Å². The van der Waals surface area contributed by atoms with Crippen molar-refractivity contribution in [2.75, 3.05) is 19.8 Å². The highest BCUT2D eigenvalue weighted by Crippen LogP contribution is 2.28. The Kier molecular flexibility index (Phi) is 6.62. The smallest absolute Gasteiger partial charge is 0.329 e. The van der Waals surface area contributed by atoms with Crippen molar-refractivity contribution < 1.29 is 19.4 Å². The van der Waals surface area contributed by atoms with Crippen LogP contribution in [-0.4, -0.2) is 42.9 Å². The van der Waals surface area contributed by atoms with E-state index >= 15 is 0 Å². The van der Waals surface area contributed by atoms with Crippen molar-refractivity contribution in [3.63, 3.8) is 0 Å². The molecule has 0 aliphatic heterocycles. The van der Waals surface area contributed by atoms with E-state index in [0.29, 0.717) is 12.5 Å². The van der Waals surface area contributed by atoms with Crippen LogP contribution in [0.15, 0.2) is 0 Å². The molecule has 19 heavy (non-hydrogen) atoms. The van der Waals surface area contributed by atoms with Gasteiger partial charge in [0.2, 0.25) is 0 Å². The number of amides is 2. The van der Waals surface area contributed by atoms with Gasteiger partial charge in [-0.3, -0.25) is 0 Å². The minimum absolute atomic E-state index is 0.203. The first-order valence-electron chi connectivity index (χ1n) is 6.83. The molecule has 2 amide bonds. The summed E-state index contributed by atoms with van der Waals surface area (Å²) in [5.41, 5.74) is 0. The molecule has 1 rings (SSSR count). The predicted molar refractivity (Wildman–Crippen MR) is 71.0 cm³/mol. The summed E-state index contributed by atoms with van der Waals surface area (Å²) < 4.78 is 4.83. The van der Waals surface area contributed by atoms with Crippen LogP contribution in [0.4, 0.5) is 4.79 Å². The number of ether oxygens (including phenoxy) is 1. The molecule has 0 saturated heterocycles. The van der Waals surface area contributed by atoms with Crippen LogP contribution in [0.25, 0.3) is 0 Å². The van der Waals surface area contributed by atoms with E-state index in [1.54, 1.807) is 0 Å². The average Bonchev–Trinajstić information content (AvgIpc) is 2.32. The third-order valence-corrected chi connectivity index (χ3v) is 3.51. The van der Waals surface area contributed by atoms with Gasteiger partial charge >= 0.3 is 12.0 Å². The number of carbonyl (C=O) groups excluding carboxylic acids is 1. The second-order valence-corrected chi connectivity index (χ2v) is 5.35. The fourth-order valence-electron chi connectivity index (χ4n) is 2.50. The Hall–Kier alpha value is -1.30. The SMILES string of the molecule is CC1CCC(NC(=O)NCCOCC(=O)O)C(C)C1. The van der Waals surface area contributed by atoms with Gasteiger partial charge in [-0.2, -0.15) is 0 Å². The molecule has 1 saturated carbocycles. The Labute approximate surface area is 113 Å². The molecule has 1 fully saturated rings. The summed E-state index contributed by atoms with van der Waals surface area (Å²) in [7, 11) is 0. The van der Waals surface area contributed by atoms with E-state index in [2.05, 4.69) is 24.5 Å². The number of carboxylic acids is 1. The normalized spacial score (nSPS) is 26.7. The molecule has 3 unspecified atom stereocenters. The number of carbonyl (C=O) groups is 2. The van der Waals surface area contributed by atoms with Crippen molar-refractivity contribution in [3.8, 4) is 0 Å². The molecular formula is C13H24N2O4. The fraction of sp³-hybridized carbons (Fsp3) is 0.846. The summed E-state index contributed by atoms with van der Waals surface area (Å²) in [5, 5.41) is 14.0. The van der Waals surface area contributed by atoms with Crippen LogP contribution in [0, 0.1) is 11.8 Å². The zero-order chi connectivity index (χ0) is 14.3. The molecule has 3 atom stereocenters. The zero-order valence-corrected chi connectivity index (χ0v) is 11.6. The molecule has 0 heterocycles. The number of rotatable bonds is 6. The second kappa shape index (κ2) is 7.99. The molecule has 0 aromatic rings. The second-order valence-electron chi connectivity index (χ2n) is 5.35. The Morgan fingerprint density at radius 2 is 2.05 bits per heavy atom. The maximum absolute atomic E-state index is 11.6. The Morgan fingerprint density at radius 1 is 1.32 bits per heavy atom. The summed E-state index contributed by atoms with van der Waals surface area (Å²) in [4.78, 5) is 21.8. The van der Waals surface area contributed by atoms with Crippen LogP contribution >= 0.6 is 0 Å². The highest BCUT2D eigenvalue weighted by atomic mass is 16.5. The highest BCUT2D eigenvalue weighted by molar-refractivity contribution is 5.74. The summed E-state index contributed by atoms with van der Waals surface area (Å²) in [6.45, 7) is 4.59. The monoisotopic (exact) mass is 272 g/mol. The quantitative estimate of drug-likeness (QED) is 0.634. The summed E-state index contributed by atoms with van der Waals surface area (Å²) in [6.07, 6.45) is 3.31. The third-order valence-electron chi connectivity index (χ3n) is 3.51. The molecular weight excluding hydrogens is 248 g/mol. The predicted octanol–water partition coefficient (Wildman–Crippen LogP) is 1.21. The van der Waals surface area contributed by atoms with Crippen LogP contribution in [0.5, 0.6) is 0 Å². The first-order chi connectivity index (χ1) is 8.99. The Balaban J connectivity index is 2.12. The van der Waals surface area contributed by atoms with Gasteiger partial charge < -0.3 is 20.5 Å². The lowest BCUT2D eigenvalue weighted by Gasteiger charge is -2.33. The van der Waals surface area contributed by atoms with Crippen LogP contribution in [0.2, 0.25) is 0 Å². The molecule has 1 aliphatic carbocycles. The largest absolute Gasteiger partial charge is 0.480 e. The molecule has 3 N–H and O–H groups in total. The van der Waals surface area contributed by atoms with Crippen molar-refractivity contribution >= 4 is 12.0 Å². The van der Waals surface area contributed by atoms with Crippen molar-refractivity contribution in [1.82, 2.24) is 10.6 Å². The molecule has 0 bridgehead atoms. The number of nitrogens with one attached hydrogen (secondary N) is 2. The van der Waals surface area contributed by atoms with E-state index in [0.717, 1.165) is 25.2 Å². The van der Waals surface area contributed by atoms with E-state index in [9.17, 15) is 9.59 Å². The number of urea groups is 1. The number of hydrogen-bond donors (Lipinski definition) is 3. The van der Waals surface area contributed by atoms with Crippen LogP contribution in [0.1, 0.15) is 33.1 Å². The van der Waals surface area contributed by atoms with Crippen molar-refractivity contribution in [3.05, 3.63) is 0 Å². The molecule has 0 aromatic carbocycles. The maximum atomic E-state index is 11.6. The average molecular weight is 272 g/mol. The van der Waals surface area contributed by atoms with Gasteiger partial charge in [0, 0.05) is 12.6 Å². The minimum Gasteiger partial charge on any atom is -0.480 e. The van der Waals surface area contributed by atoms with Crippen LogP contribution in [-0.2, 0) is 9.53 Å². The van der Waals surface area contributed by atoms with Crippen LogP contribution < -0.4 is 10.6 Å². The van der Waals surface area contributed by atoms with Gasteiger partial charge in [-0.25, -0.2) is 9.59 Å². The third kappa shape index (κ3) is 6.42. The number of hydrogen-bond acceptors (Lipinski definition) is 3.